The summed E-state index contributed by atoms with van der Waals surface area (Å²) >= 11 is 0. The van der Waals surface area contributed by atoms with Crippen LogP contribution < -0.4 is 0 Å². The fraction of sp³-hybridized carbons (Fsp3) is 0. The topological polar surface area (TPSA) is 46.3 Å². The van der Waals surface area contributed by atoms with Gasteiger partial charge in [-0.05, 0) is 24.3 Å². The van der Waals surface area contributed by atoms with E-state index in [0.717, 1.165) is 11.1 Å². The van der Waals surface area contributed by atoms with E-state index in [2.05, 4.69) is 4.98 Å². The van der Waals surface area contributed by atoms with E-state index in [9.17, 15) is 5.11 Å². The first kappa shape index (κ1) is 8.97. The summed E-state index contributed by atoms with van der Waals surface area (Å²) < 4.78 is 5.26. The number of phenols is 1. The number of aromatic hydroxyl groups is 1. The van der Waals surface area contributed by atoms with E-state index in [1.165, 1.54) is 0 Å². The van der Waals surface area contributed by atoms with Crippen molar-refractivity contribution in [1.29, 1.82) is 0 Å². The zero-order valence-corrected chi connectivity index (χ0v) is 8.42. The third kappa shape index (κ3) is 1.34. The van der Waals surface area contributed by atoms with E-state index in [-0.39, 0.29) is 5.75 Å². The zero-order valence-electron chi connectivity index (χ0n) is 8.42. The van der Waals surface area contributed by atoms with Gasteiger partial charge in [-0.15, -0.1) is 0 Å². The first-order chi connectivity index (χ1) is 7.84. The number of nitrogens with zero attached hydrogens (tertiary/aromatic N) is 1. The molecule has 3 rings (SSSR count). The van der Waals surface area contributed by atoms with Crippen molar-refractivity contribution in [2.45, 2.75) is 0 Å². The molecule has 2 aromatic heterocycles. The van der Waals surface area contributed by atoms with Crippen LogP contribution >= 0.6 is 0 Å². The summed E-state index contributed by atoms with van der Waals surface area (Å²) in [5, 5.41) is 10.6. The zero-order chi connectivity index (χ0) is 11.0. The predicted octanol–water partition coefficient (Wildman–Crippen LogP) is 3.20. The number of aromatic nitrogens is 1. The highest BCUT2D eigenvalue weighted by Gasteiger charge is 2.05. The van der Waals surface area contributed by atoms with E-state index in [0.29, 0.717) is 11.3 Å². The summed E-state index contributed by atoms with van der Waals surface area (Å²) in [5.74, 6) is 0.885. The molecule has 0 aliphatic rings. The van der Waals surface area contributed by atoms with Gasteiger partial charge in [0.2, 0.25) is 0 Å². The molecule has 0 fully saturated rings. The summed E-state index contributed by atoms with van der Waals surface area (Å²) in [6, 6.07) is 12.8. The molecule has 1 aromatic carbocycles. The van der Waals surface area contributed by atoms with E-state index in [1.54, 1.807) is 18.4 Å². The van der Waals surface area contributed by atoms with Crippen molar-refractivity contribution in [1.82, 2.24) is 4.98 Å². The molecule has 3 nitrogen and oxygen atoms in total. The number of benzene rings is 1. The first-order valence-corrected chi connectivity index (χ1v) is 4.97. The number of para-hydroxylation sites is 1. The van der Waals surface area contributed by atoms with Crippen LogP contribution in [0.2, 0.25) is 0 Å². The second kappa shape index (κ2) is 3.38. The Labute approximate surface area is 92.0 Å². The maximum absolute atomic E-state index is 9.70. The molecule has 0 saturated carbocycles. The highest BCUT2D eigenvalue weighted by molar-refractivity contribution is 5.85. The number of phenolic OH excluding ortho intramolecular Hbond substituents is 1. The Morgan fingerprint density at radius 1 is 1.00 bits per heavy atom. The molecular formula is C13H9NO2. The summed E-state index contributed by atoms with van der Waals surface area (Å²) in [6.07, 6.45) is 1.60. The SMILES string of the molecule is Oc1cccc2ccc(-c3ccco3)nc12. The Balaban J connectivity index is 2.27. The molecule has 16 heavy (non-hydrogen) atoms. The molecule has 0 atom stereocenters. The van der Waals surface area contributed by atoms with Gasteiger partial charge in [-0.1, -0.05) is 18.2 Å². The Morgan fingerprint density at radius 2 is 1.94 bits per heavy atom. The Hall–Kier alpha value is -2.29. The van der Waals surface area contributed by atoms with Gasteiger partial charge in [-0.2, -0.15) is 0 Å². The predicted molar refractivity (Wildman–Crippen MR) is 61.1 cm³/mol. The molecule has 0 saturated heterocycles. The van der Waals surface area contributed by atoms with E-state index in [1.807, 2.05) is 30.3 Å². The first-order valence-electron chi connectivity index (χ1n) is 4.97. The molecule has 3 aromatic rings. The lowest BCUT2D eigenvalue weighted by molar-refractivity contribution is 0.480. The van der Waals surface area contributed by atoms with E-state index >= 15 is 0 Å². The van der Waals surface area contributed by atoms with Crippen molar-refractivity contribution in [3.05, 3.63) is 48.7 Å². The molecule has 0 bridgehead atoms. The maximum Gasteiger partial charge on any atom is 0.152 e. The summed E-state index contributed by atoms with van der Waals surface area (Å²) in [4.78, 5) is 4.37. The summed E-state index contributed by atoms with van der Waals surface area (Å²) in [6.45, 7) is 0. The minimum atomic E-state index is 0.186. The fourth-order valence-electron chi connectivity index (χ4n) is 1.69. The monoisotopic (exact) mass is 211 g/mol. The molecule has 3 heteroatoms. The van der Waals surface area contributed by atoms with Gasteiger partial charge >= 0.3 is 0 Å². The summed E-state index contributed by atoms with van der Waals surface area (Å²) in [5.41, 5.74) is 1.32. The number of hydrogen-bond donors (Lipinski definition) is 1. The van der Waals surface area contributed by atoms with Crippen LogP contribution in [0.15, 0.2) is 53.1 Å². The van der Waals surface area contributed by atoms with Crippen LogP contribution in [-0.2, 0) is 0 Å². The van der Waals surface area contributed by atoms with Gasteiger partial charge < -0.3 is 9.52 Å². The molecule has 0 unspecified atom stereocenters. The van der Waals surface area contributed by atoms with Crippen LogP contribution in [0.25, 0.3) is 22.4 Å². The van der Waals surface area contributed by atoms with Crippen LogP contribution in [0.5, 0.6) is 5.75 Å². The molecule has 1 N–H and O–H groups in total. The Morgan fingerprint density at radius 3 is 2.75 bits per heavy atom. The smallest absolute Gasteiger partial charge is 0.152 e. The van der Waals surface area contributed by atoms with Crippen molar-refractivity contribution in [2.75, 3.05) is 0 Å². The molecule has 0 spiro atoms. The molecule has 2 heterocycles. The quantitative estimate of drug-likeness (QED) is 0.672. The molecule has 0 aliphatic carbocycles. The third-order valence-electron chi connectivity index (χ3n) is 2.47. The van der Waals surface area contributed by atoms with Crippen molar-refractivity contribution in [2.24, 2.45) is 0 Å². The van der Waals surface area contributed by atoms with Gasteiger partial charge in [0.15, 0.2) is 5.76 Å². The van der Waals surface area contributed by atoms with Crippen LogP contribution in [-0.4, -0.2) is 10.1 Å². The molecule has 0 radical (unpaired) electrons. The van der Waals surface area contributed by atoms with Gasteiger partial charge in [0, 0.05) is 5.39 Å². The van der Waals surface area contributed by atoms with Crippen LogP contribution in [0, 0.1) is 0 Å². The van der Waals surface area contributed by atoms with Crippen molar-refractivity contribution < 1.29 is 9.52 Å². The normalized spacial score (nSPS) is 10.8. The largest absolute Gasteiger partial charge is 0.506 e. The van der Waals surface area contributed by atoms with Crippen molar-refractivity contribution >= 4 is 10.9 Å². The molecule has 78 valence electrons. The molecule has 0 amide bonds. The molecular weight excluding hydrogens is 202 g/mol. The van der Waals surface area contributed by atoms with E-state index in [4.69, 9.17) is 4.42 Å². The minimum absolute atomic E-state index is 0.186. The van der Waals surface area contributed by atoms with Crippen molar-refractivity contribution in [3.63, 3.8) is 0 Å². The summed E-state index contributed by atoms with van der Waals surface area (Å²) in [7, 11) is 0. The fourth-order valence-corrected chi connectivity index (χ4v) is 1.69. The lowest BCUT2D eigenvalue weighted by Gasteiger charge is -2.01. The van der Waals surface area contributed by atoms with Crippen LogP contribution in [0.1, 0.15) is 0 Å². The lowest BCUT2D eigenvalue weighted by atomic mass is 10.2. The van der Waals surface area contributed by atoms with Gasteiger partial charge in [-0.3, -0.25) is 0 Å². The van der Waals surface area contributed by atoms with Gasteiger partial charge in [0.1, 0.15) is 17.0 Å². The van der Waals surface area contributed by atoms with Crippen LogP contribution in [0.4, 0.5) is 0 Å². The van der Waals surface area contributed by atoms with Crippen molar-refractivity contribution in [3.8, 4) is 17.2 Å². The standard InChI is InChI=1S/C13H9NO2/c15-11-4-1-3-9-6-7-10(14-13(9)11)12-5-2-8-16-12/h1-8,15H. The van der Waals surface area contributed by atoms with Crippen LogP contribution in [0.3, 0.4) is 0 Å². The highest BCUT2D eigenvalue weighted by atomic mass is 16.3. The highest BCUT2D eigenvalue weighted by Crippen LogP contribution is 2.26. The average molecular weight is 211 g/mol. The van der Waals surface area contributed by atoms with Gasteiger partial charge in [0.05, 0.1) is 6.26 Å². The second-order valence-corrected chi connectivity index (χ2v) is 3.52. The van der Waals surface area contributed by atoms with Gasteiger partial charge in [-0.25, -0.2) is 4.98 Å². The Bertz CT molecular complexity index is 629. The Kier molecular flexibility index (Phi) is 1.90. The molecule has 0 aliphatic heterocycles. The lowest BCUT2D eigenvalue weighted by Crippen LogP contribution is -1.83. The number of rotatable bonds is 1. The maximum atomic E-state index is 9.70. The second-order valence-electron chi connectivity index (χ2n) is 3.52. The number of furan rings is 1. The third-order valence-corrected chi connectivity index (χ3v) is 2.47. The minimum Gasteiger partial charge on any atom is -0.506 e. The van der Waals surface area contributed by atoms with Gasteiger partial charge in [0.25, 0.3) is 0 Å². The number of pyridine rings is 1. The van der Waals surface area contributed by atoms with E-state index < -0.39 is 0 Å². The number of hydrogen-bond acceptors (Lipinski definition) is 3. The average Bonchev–Trinajstić information content (AvgIpc) is 2.83. The number of fused-ring (bicyclic) bond motifs is 1.